The topological polar surface area (TPSA) is 81.8 Å². The highest BCUT2D eigenvalue weighted by Gasteiger charge is 2.36. The van der Waals surface area contributed by atoms with Crippen molar-refractivity contribution in [3.05, 3.63) is 46.0 Å². The van der Waals surface area contributed by atoms with Crippen LogP contribution >= 0.6 is 15.9 Å². The minimum absolute atomic E-state index is 0.0704. The van der Waals surface area contributed by atoms with Gasteiger partial charge in [0.2, 0.25) is 17.7 Å². The highest BCUT2D eigenvalue weighted by molar-refractivity contribution is 9.10. The van der Waals surface area contributed by atoms with E-state index in [4.69, 9.17) is 0 Å². The van der Waals surface area contributed by atoms with E-state index in [1.807, 2.05) is 58.0 Å². The Bertz CT molecular complexity index is 974. The molecule has 2 N–H and O–H groups in total. The van der Waals surface area contributed by atoms with Gasteiger partial charge in [-0.05, 0) is 69.7 Å². The Morgan fingerprint density at radius 1 is 1.05 bits per heavy atom. The Balaban J connectivity index is 2.13. The van der Waals surface area contributed by atoms with Gasteiger partial charge in [0.05, 0.1) is 12.1 Å². The lowest BCUT2D eigenvalue weighted by Crippen LogP contribution is -2.58. The number of hydrogen-bond acceptors (Lipinski definition) is 4. The molecule has 1 aliphatic heterocycles. The van der Waals surface area contributed by atoms with E-state index in [1.54, 1.807) is 18.9 Å². The van der Waals surface area contributed by atoms with Gasteiger partial charge in [-0.15, -0.1) is 0 Å². The first kappa shape index (κ1) is 32.0. The Morgan fingerprint density at radius 3 is 2.24 bits per heavy atom. The first-order valence-corrected chi connectivity index (χ1v) is 14.7. The van der Waals surface area contributed by atoms with Crippen molar-refractivity contribution in [3.8, 4) is 0 Å². The second kappa shape index (κ2) is 14.8. The standard InChI is InChI=1S/C30H47BrN4O3/c1-19(2)26(17-22(7)28(36)32-18-23-12-14-24(31)15-13-23)34(8)30(38)27(20(3)4)33-29(37)25-11-9-10-16-35(25)21(5)6/h12-15,17,19-21,25-27H,9-11,16,18H2,1-8H3,(H,32,36)(H,33,37)/b22-17+/t25?,26-,27+/m1/s1. The molecule has 7 nitrogen and oxygen atoms in total. The molecule has 1 fully saturated rings. The molecule has 1 aliphatic rings. The van der Waals surface area contributed by atoms with Crippen LogP contribution in [0, 0.1) is 11.8 Å². The van der Waals surface area contributed by atoms with E-state index < -0.39 is 6.04 Å². The maximum atomic E-state index is 13.7. The number of hydrogen-bond donors (Lipinski definition) is 2. The van der Waals surface area contributed by atoms with E-state index >= 15 is 0 Å². The maximum absolute atomic E-state index is 13.7. The minimum Gasteiger partial charge on any atom is -0.348 e. The van der Waals surface area contributed by atoms with Crippen molar-refractivity contribution in [2.75, 3.05) is 13.6 Å². The molecule has 0 spiro atoms. The van der Waals surface area contributed by atoms with Gasteiger partial charge in [0.25, 0.3) is 0 Å². The first-order valence-electron chi connectivity index (χ1n) is 13.9. The molecule has 3 atom stereocenters. The van der Waals surface area contributed by atoms with Gasteiger partial charge >= 0.3 is 0 Å². The highest BCUT2D eigenvalue weighted by atomic mass is 79.9. The maximum Gasteiger partial charge on any atom is 0.246 e. The van der Waals surface area contributed by atoms with Gasteiger partial charge in [0.1, 0.15) is 6.04 Å². The summed E-state index contributed by atoms with van der Waals surface area (Å²) in [5.74, 6) is -0.370. The van der Waals surface area contributed by atoms with Gasteiger partial charge < -0.3 is 15.5 Å². The number of likely N-dealkylation sites (N-methyl/N-ethyl adjacent to an activating group) is 1. The molecular weight excluding hydrogens is 544 g/mol. The van der Waals surface area contributed by atoms with E-state index in [0.717, 1.165) is 35.8 Å². The molecule has 0 bridgehead atoms. The van der Waals surface area contributed by atoms with Crippen molar-refractivity contribution < 1.29 is 14.4 Å². The zero-order valence-electron chi connectivity index (χ0n) is 24.4. The molecule has 2 rings (SSSR count). The molecule has 212 valence electrons. The predicted molar refractivity (Wildman–Crippen MR) is 157 cm³/mol. The molecule has 1 aromatic rings. The van der Waals surface area contributed by atoms with E-state index in [-0.39, 0.29) is 47.7 Å². The molecule has 1 unspecified atom stereocenters. The Kier molecular flexibility index (Phi) is 12.5. The monoisotopic (exact) mass is 590 g/mol. The normalized spacial score (nSPS) is 18.4. The number of benzene rings is 1. The number of amides is 3. The lowest BCUT2D eigenvalue weighted by Gasteiger charge is -2.39. The van der Waals surface area contributed by atoms with Gasteiger partial charge in [-0.1, -0.05) is 68.3 Å². The third-order valence-corrected chi connectivity index (χ3v) is 7.89. The summed E-state index contributed by atoms with van der Waals surface area (Å²) in [5.41, 5.74) is 1.56. The Morgan fingerprint density at radius 2 is 1.68 bits per heavy atom. The van der Waals surface area contributed by atoms with E-state index in [9.17, 15) is 14.4 Å². The van der Waals surface area contributed by atoms with Gasteiger partial charge in [-0.3, -0.25) is 19.3 Å². The number of likely N-dealkylation sites (tertiary alicyclic amines) is 1. The first-order chi connectivity index (χ1) is 17.8. The van der Waals surface area contributed by atoms with Crippen LogP contribution in [0.3, 0.4) is 0 Å². The van der Waals surface area contributed by atoms with Gasteiger partial charge in [-0.25, -0.2) is 0 Å². The van der Waals surface area contributed by atoms with Gasteiger partial charge in [0.15, 0.2) is 0 Å². The van der Waals surface area contributed by atoms with Crippen LogP contribution in [-0.2, 0) is 20.9 Å². The summed E-state index contributed by atoms with van der Waals surface area (Å²) in [6.45, 7) is 15.3. The van der Waals surface area contributed by atoms with Crippen LogP contribution in [0.25, 0.3) is 0 Å². The summed E-state index contributed by atoms with van der Waals surface area (Å²) in [5, 5.41) is 6.05. The molecule has 1 aromatic carbocycles. The molecule has 1 saturated heterocycles. The van der Waals surface area contributed by atoms with Crippen molar-refractivity contribution >= 4 is 33.7 Å². The second-order valence-electron chi connectivity index (χ2n) is 11.4. The van der Waals surface area contributed by atoms with E-state index in [2.05, 4.69) is 45.3 Å². The molecule has 3 amide bonds. The summed E-state index contributed by atoms with van der Waals surface area (Å²) >= 11 is 3.42. The Hall–Kier alpha value is -2.19. The van der Waals surface area contributed by atoms with Crippen LogP contribution in [0.5, 0.6) is 0 Å². The average molecular weight is 592 g/mol. The lowest BCUT2D eigenvalue weighted by atomic mass is 9.95. The predicted octanol–water partition coefficient (Wildman–Crippen LogP) is 4.90. The molecule has 0 aliphatic carbocycles. The molecule has 0 saturated carbocycles. The summed E-state index contributed by atoms with van der Waals surface area (Å²) in [4.78, 5) is 43.8. The van der Waals surface area contributed by atoms with Crippen LogP contribution < -0.4 is 10.6 Å². The zero-order chi connectivity index (χ0) is 28.6. The third kappa shape index (κ3) is 8.94. The molecule has 8 heteroatoms. The molecule has 0 radical (unpaired) electrons. The number of carbonyl (C=O) groups excluding carboxylic acids is 3. The van der Waals surface area contributed by atoms with Crippen molar-refractivity contribution in [1.29, 1.82) is 0 Å². The number of nitrogens with one attached hydrogen (secondary N) is 2. The molecule has 38 heavy (non-hydrogen) atoms. The molecule has 1 heterocycles. The van der Waals surface area contributed by atoms with Crippen molar-refractivity contribution in [2.24, 2.45) is 11.8 Å². The fraction of sp³-hybridized carbons (Fsp3) is 0.633. The SMILES string of the molecule is C/C(=C\[C@H](C(C)C)N(C)C(=O)[C@@H](NC(=O)C1CCCCN1C(C)C)C(C)C)C(=O)NCc1ccc(Br)cc1. The van der Waals surface area contributed by atoms with Crippen LogP contribution in [0.15, 0.2) is 40.4 Å². The van der Waals surface area contributed by atoms with E-state index in [1.165, 1.54) is 0 Å². The van der Waals surface area contributed by atoms with Crippen LogP contribution in [-0.4, -0.2) is 65.3 Å². The van der Waals surface area contributed by atoms with Crippen molar-refractivity contribution in [2.45, 2.75) is 98.4 Å². The largest absolute Gasteiger partial charge is 0.348 e. The summed E-state index contributed by atoms with van der Waals surface area (Å²) < 4.78 is 0.989. The average Bonchev–Trinajstić information content (AvgIpc) is 2.88. The molecular formula is C30H47BrN4O3. The third-order valence-electron chi connectivity index (χ3n) is 7.36. The van der Waals surface area contributed by atoms with Crippen molar-refractivity contribution in [3.63, 3.8) is 0 Å². The zero-order valence-corrected chi connectivity index (χ0v) is 26.0. The number of piperidine rings is 1. The molecule has 0 aromatic heterocycles. The fourth-order valence-corrected chi connectivity index (χ4v) is 5.25. The number of rotatable bonds is 11. The summed E-state index contributed by atoms with van der Waals surface area (Å²) in [6.07, 6.45) is 4.78. The van der Waals surface area contributed by atoms with Crippen LogP contribution in [0.2, 0.25) is 0 Å². The smallest absolute Gasteiger partial charge is 0.246 e. The van der Waals surface area contributed by atoms with Crippen LogP contribution in [0.4, 0.5) is 0 Å². The van der Waals surface area contributed by atoms with E-state index in [0.29, 0.717) is 12.1 Å². The minimum atomic E-state index is -0.635. The Labute approximate surface area is 237 Å². The van der Waals surface area contributed by atoms with Gasteiger partial charge in [-0.2, -0.15) is 0 Å². The summed E-state index contributed by atoms with van der Waals surface area (Å²) in [7, 11) is 1.76. The quantitative estimate of drug-likeness (QED) is 0.359. The number of carbonyl (C=O) groups is 3. The highest BCUT2D eigenvalue weighted by Crippen LogP contribution is 2.21. The lowest BCUT2D eigenvalue weighted by molar-refractivity contribution is -0.140. The summed E-state index contributed by atoms with van der Waals surface area (Å²) in [6, 6.07) is 6.94. The second-order valence-corrected chi connectivity index (χ2v) is 12.3. The fourth-order valence-electron chi connectivity index (χ4n) is 4.99. The van der Waals surface area contributed by atoms with Crippen molar-refractivity contribution in [1.82, 2.24) is 20.4 Å². The number of halogens is 1. The van der Waals surface area contributed by atoms with Crippen LogP contribution in [0.1, 0.15) is 73.3 Å². The van der Waals surface area contributed by atoms with Gasteiger partial charge in [0, 0.05) is 29.7 Å². The number of nitrogens with zero attached hydrogens (tertiary/aromatic N) is 2.